The highest BCUT2D eigenvalue weighted by molar-refractivity contribution is 5.46. The molecule has 0 saturated carbocycles. The Morgan fingerprint density at radius 3 is 2.48 bits per heavy atom. The molecule has 2 aliphatic rings. The Bertz CT molecular complexity index is 735. The number of hydrogen-bond acceptors (Lipinski definition) is 4. The molecule has 4 heteroatoms. The average Bonchev–Trinajstić information content (AvgIpc) is 2.76. The number of aromatic nitrogens is 1. The van der Waals surface area contributed by atoms with Gasteiger partial charge in [-0.15, -0.1) is 0 Å². The second-order valence-corrected chi connectivity index (χ2v) is 9.08. The van der Waals surface area contributed by atoms with Gasteiger partial charge in [0.1, 0.15) is 0 Å². The molecular formula is C25H36N4. The summed E-state index contributed by atoms with van der Waals surface area (Å²) >= 11 is 0. The van der Waals surface area contributed by atoms with Crippen LogP contribution in [0.3, 0.4) is 0 Å². The smallest absolute Gasteiger partial charge is 0.0543 e. The molecule has 0 radical (unpaired) electrons. The van der Waals surface area contributed by atoms with E-state index in [1.807, 2.05) is 12.3 Å². The van der Waals surface area contributed by atoms with Crippen molar-refractivity contribution < 1.29 is 0 Å². The van der Waals surface area contributed by atoms with Crippen molar-refractivity contribution in [1.29, 1.82) is 0 Å². The lowest BCUT2D eigenvalue weighted by molar-refractivity contribution is 0.0851. The third kappa shape index (κ3) is 5.58. The highest BCUT2D eigenvalue weighted by Gasteiger charge is 2.29. The number of rotatable bonds is 6. The first kappa shape index (κ1) is 20.4. The minimum Gasteiger partial charge on any atom is -0.381 e. The van der Waals surface area contributed by atoms with Crippen LogP contribution in [0.4, 0.5) is 5.69 Å². The molecule has 4 nitrogen and oxygen atoms in total. The standard InChI is InChI=1S/C25H36N4/c1-20(2)21-8-10-22(11-9-21)27-24-7-5-15-29(19-24)25-12-16-28(17-13-25)18-23-6-3-4-14-26-23/h3-4,6,8-11,14,20,24-25,27H,5,7,12-13,15-19H2,1-2H3. The zero-order chi connectivity index (χ0) is 20.1. The Balaban J connectivity index is 1.25. The van der Waals surface area contributed by atoms with E-state index in [0.29, 0.717) is 12.0 Å². The highest BCUT2D eigenvalue weighted by Crippen LogP contribution is 2.24. The summed E-state index contributed by atoms with van der Waals surface area (Å²) < 4.78 is 0. The minimum atomic E-state index is 0.570. The van der Waals surface area contributed by atoms with Gasteiger partial charge in [0.15, 0.2) is 0 Å². The van der Waals surface area contributed by atoms with Crippen molar-refractivity contribution in [3.8, 4) is 0 Å². The first-order chi connectivity index (χ1) is 14.2. The summed E-state index contributed by atoms with van der Waals surface area (Å²) in [6.45, 7) is 10.3. The van der Waals surface area contributed by atoms with Crippen molar-refractivity contribution in [3.05, 3.63) is 59.9 Å². The molecule has 1 aromatic heterocycles. The number of hydrogen-bond donors (Lipinski definition) is 1. The maximum absolute atomic E-state index is 4.49. The third-order valence-electron chi connectivity index (χ3n) is 6.59. The first-order valence-corrected chi connectivity index (χ1v) is 11.4. The summed E-state index contributed by atoms with van der Waals surface area (Å²) in [5.74, 6) is 0.595. The Kier molecular flexibility index (Phi) is 6.83. The maximum atomic E-state index is 4.49. The van der Waals surface area contributed by atoms with Crippen molar-refractivity contribution in [3.63, 3.8) is 0 Å². The van der Waals surface area contributed by atoms with Crippen LogP contribution in [0.2, 0.25) is 0 Å². The van der Waals surface area contributed by atoms with E-state index in [-0.39, 0.29) is 0 Å². The van der Waals surface area contributed by atoms with Crippen LogP contribution in [0.5, 0.6) is 0 Å². The van der Waals surface area contributed by atoms with E-state index in [1.54, 1.807) is 0 Å². The van der Waals surface area contributed by atoms with Crippen LogP contribution in [0, 0.1) is 0 Å². The lowest BCUT2D eigenvalue weighted by Gasteiger charge is -2.42. The van der Waals surface area contributed by atoms with E-state index >= 15 is 0 Å². The van der Waals surface area contributed by atoms with Gasteiger partial charge >= 0.3 is 0 Å². The number of pyridine rings is 1. The van der Waals surface area contributed by atoms with E-state index in [4.69, 9.17) is 0 Å². The van der Waals surface area contributed by atoms with Crippen molar-refractivity contribution in [2.75, 3.05) is 31.5 Å². The number of nitrogens with zero attached hydrogens (tertiary/aromatic N) is 3. The van der Waals surface area contributed by atoms with Gasteiger partial charge in [-0.05, 0) is 68.0 Å². The van der Waals surface area contributed by atoms with Crippen molar-refractivity contribution >= 4 is 5.69 Å². The summed E-state index contributed by atoms with van der Waals surface area (Å²) in [6, 6.07) is 16.6. The van der Waals surface area contributed by atoms with E-state index < -0.39 is 0 Å². The van der Waals surface area contributed by atoms with E-state index in [1.165, 1.54) is 68.8 Å². The molecular weight excluding hydrogens is 356 g/mol. The lowest BCUT2D eigenvalue weighted by Crippen LogP contribution is -2.51. The van der Waals surface area contributed by atoms with Gasteiger partial charge < -0.3 is 5.32 Å². The van der Waals surface area contributed by atoms with Gasteiger partial charge in [0.2, 0.25) is 0 Å². The van der Waals surface area contributed by atoms with Gasteiger partial charge in [-0.25, -0.2) is 0 Å². The predicted octanol–water partition coefficient (Wildman–Crippen LogP) is 4.75. The number of benzene rings is 1. The fraction of sp³-hybridized carbons (Fsp3) is 0.560. The van der Waals surface area contributed by atoms with Crippen LogP contribution in [-0.4, -0.2) is 53.0 Å². The van der Waals surface area contributed by atoms with Crippen LogP contribution in [0.15, 0.2) is 48.7 Å². The van der Waals surface area contributed by atoms with Crippen LogP contribution >= 0.6 is 0 Å². The van der Waals surface area contributed by atoms with Gasteiger partial charge in [-0.2, -0.15) is 0 Å². The van der Waals surface area contributed by atoms with Crippen molar-refractivity contribution in [2.45, 2.75) is 64.1 Å². The van der Waals surface area contributed by atoms with Crippen LogP contribution in [0.1, 0.15) is 56.7 Å². The fourth-order valence-corrected chi connectivity index (χ4v) is 4.82. The highest BCUT2D eigenvalue weighted by atomic mass is 15.2. The van der Waals surface area contributed by atoms with Crippen LogP contribution in [-0.2, 0) is 6.54 Å². The quantitative estimate of drug-likeness (QED) is 0.769. The summed E-state index contributed by atoms with van der Waals surface area (Å²) in [7, 11) is 0. The van der Waals surface area contributed by atoms with E-state index in [0.717, 1.165) is 12.6 Å². The number of anilines is 1. The average molecular weight is 393 g/mol. The van der Waals surface area contributed by atoms with Gasteiger partial charge in [-0.3, -0.25) is 14.8 Å². The summed E-state index contributed by atoms with van der Waals surface area (Å²) in [5, 5.41) is 3.80. The number of nitrogens with one attached hydrogen (secondary N) is 1. The van der Waals surface area contributed by atoms with E-state index in [2.05, 4.69) is 70.3 Å². The van der Waals surface area contributed by atoms with Crippen LogP contribution < -0.4 is 5.32 Å². The molecule has 156 valence electrons. The second kappa shape index (κ2) is 9.73. The zero-order valence-electron chi connectivity index (χ0n) is 18.1. The number of piperidine rings is 2. The Hall–Kier alpha value is -1.91. The maximum Gasteiger partial charge on any atom is 0.0543 e. The molecule has 1 N–H and O–H groups in total. The molecule has 2 fully saturated rings. The number of likely N-dealkylation sites (tertiary alicyclic amines) is 2. The normalized spacial score (nSPS) is 22.1. The summed E-state index contributed by atoms with van der Waals surface area (Å²) in [4.78, 5) is 9.80. The molecule has 3 heterocycles. The molecule has 1 atom stereocenters. The molecule has 2 aliphatic heterocycles. The molecule has 0 spiro atoms. The summed E-state index contributed by atoms with van der Waals surface area (Å²) in [6.07, 6.45) is 7.04. The Labute approximate surface area is 176 Å². The minimum absolute atomic E-state index is 0.570. The van der Waals surface area contributed by atoms with E-state index in [9.17, 15) is 0 Å². The lowest BCUT2D eigenvalue weighted by atomic mass is 9.97. The molecule has 0 aliphatic carbocycles. The van der Waals surface area contributed by atoms with Gasteiger partial charge in [0.05, 0.1) is 5.69 Å². The van der Waals surface area contributed by atoms with Gasteiger partial charge in [0, 0.05) is 50.1 Å². The van der Waals surface area contributed by atoms with Crippen LogP contribution in [0.25, 0.3) is 0 Å². The molecule has 29 heavy (non-hydrogen) atoms. The zero-order valence-corrected chi connectivity index (χ0v) is 18.1. The van der Waals surface area contributed by atoms with Crippen molar-refractivity contribution in [2.24, 2.45) is 0 Å². The topological polar surface area (TPSA) is 31.4 Å². The predicted molar refractivity (Wildman–Crippen MR) is 121 cm³/mol. The molecule has 4 rings (SSSR count). The molecule has 0 bridgehead atoms. The fourth-order valence-electron chi connectivity index (χ4n) is 4.82. The largest absolute Gasteiger partial charge is 0.381 e. The molecule has 2 aromatic rings. The Morgan fingerprint density at radius 2 is 1.79 bits per heavy atom. The molecule has 2 saturated heterocycles. The second-order valence-electron chi connectivity index (χ2n) is 9.08. The SMILES string of the molecule is CC(C)c1ccc(NC2CCCN(C3CCN(Cc4ccccn4)CC3)C2)cc1. The van der Waals surface area contributed by atoms with Gasteiger partial charge in [-0.1, -0.05) is 32.0 Å². The van der Waals surface area contributed by atoms with Gasteiger partial charge in [0.25, 0.3) is 0 Å². The third-order valence-corrected chi connectivity index (χ3v) is 6.59. The summed E-state index contributed by atoms with van der Waals surface area (Å²) in [5.41, 5.74) is 3.88. The molecule has 1 aromatic carbocycles. The Morgan fingerprint density at radius 1 is 1.00 bits per heavy atom. The van der Waals surface area contributed by atoms with Crippen molar-refractivity contribution in [1.82, 2.24) is 14.8 Å². The monoisotopic (exact) mass is 392 g/mol. The first-order valence-electron chi connectivity index (χ1n) is 11.4. The molecule has 1 unspecified atom stereocenters. The molecule has 0 amide bonds.